The van der Waals surface area contributed by atoms with Gasteiger partial charge in [-0.1, -0.05) is 15.9 Å². The molecule has 3 nitrogen and oxygen atoms in total. The molecule has 4 heteroatoms. The molecule has 1 rings (SSSR count). The minimum absolute atomic E-state index is 0.0409. The molecule has 0 unspecified atom stereocenters. The maximum atomic E-state index is 11.6. The zero-order chi connectivity index (χ0) is 11.4. The van der Waals surface area contributed by atoms with Gasteiger partial charge < -0.3 is 10.6 Å². The van der Waals surface area contributed by atoms with E-state index in [4.69, 9.17) is 5.73 Å². The monoisotopic (exact) mass is 270 g/mol. The molecule has 0 aliphatic carbocycles. The van der Waals surface area contributed by atoms with Gasteiger partial charge >= 0.3 is 0 Å². The van der Waals surface area contributed by atoms with Crippen molar-refractivity contribution >= 4 is 27.5 Å². The Bertz CT molecular complexity index is 366. The Labute approximate surface area is 98.4 Å². The van der Waals surface area contributed by atoms with E-state index in [0.717, 1.165) is 15.7 Å². The Morgan fingerprint density at radius 3 is 2.73 bits per heavy atom. The number of aryl methyl sites for hydroxylation is 1. The zero-order valence-corrected chi connectivity index (χ0v) is 10.5. The van der Waals surface area contributed by atoms with Crippen LogP contribution >= 0.6 is 15.9 Å². The highest BCUT2D eigenvalue weighted by atomic mass is 79.9. The molecule has 0 fully saturated rings. The van der Waals surface area contributed by atoms with Crippen LogP contribution in [0.2, 0.25) is 0 Å². The van der Waals surface area contributed by atoms with Gasteiger partial charge in [0.1, 0.15) is 0 Å². The molecular weight excluding hydrogens is 256 g/mol. The third-order valence-electron chi connectivity index (χ3n) is 2.26. The average Bonchev–Trinajstić information content (AvgIpc) is 2.21. The highest BCUT2D eigenvalue weighted by Crippen LogP contribution is 2.22. The summed E-state index contributed by atoms with van der Waals surface area (Å²) < 4.78 is 1.05. The number of halogens is 1. The summed E-state index contributed by atoms with van der Waals surface area (Å²) in [6, 6.07) is 5.82. The molecule has 15 heavy (non-hydrogen) atoms. The Kier molecular flexibility index (Phi) is 4.29. The normalized spacial score (nSPS) is 10.1. The topological polar surface area (TPSA) is 46.3 Å². The van der Waals surface area contributed by atoms with Crippen LogP contribution < -0.4 is 10.6 Å². The molecule has 0 atom stereocenters. The second-order valence-corrected chi connectivity index (χ2v) is 4.28. The molecule has 0 radical (unpaired) electrons. The summed E-state index contributed by atoms with van der Waals surface area (Å²) in [4.78, 5) is 13.2. The first-order valence-electron chi connectivity index (χ1n) is 4.79. The molecule has 1 aromatic rings. The van der Waals surface area contributed by atoms with Crippen molar-refractivity contribution in [1.29, 1.82) is 0 Å². The van der Waals surface area contributed by atoms with E-state index >= 15 is 0 Å². The van der Waals surface area contributed by atoms with Gasteiger partial charge in [0.25, 0.3) is 0 Å². The number of rotatable bonds is 3. The van der Waals surface area contributed by atoms with E-state index in [1.165, 1.54) is 0 Å². The summed E-state index contributed by atoms with van der Waals surface area (Å²) in [7, 11) is 1.76. The largest absolute Gasteiger partial charge is 0.330 e. The smallest absolute Gasteiger partial charge is 0.227 e. The molecule has 0 saturated heterocycles. The second-order valence-electron chi connectivity index (χ2n) is 3.42. The first-order valence-corrected chi connectivity index (χ1v) is 5.58. The molecule has 2 N–H and O–H groups in total. The van der Waals surface area contributed by atoms with Crippen molar-refractivity contribution in [3.8, 4) is 0 Å². The predicted octanol–water partition coefficient (Wildman–Crippen LogP) is 2.07. The van der Waals surface area contributed by atoms with Crippen LogP contribution in [0.1, 0.15) is 12.0 Å². The average molecular weight is 271 g/mol. The molecule has 1 aromatic carbocycles. The molecule has 0 heterocycles. The summed E-state index contributed by atoms with van der Waals surface area (Å²) in [5.74, 6) is 0.0409. The lowest BCUT2D eigenvalue weighted by molar-refractivity contribution is -0.118. The van der Waals surface area contributed by atoms with Crippen LogP contribution in [0.25, 0.3) is 0 Å². The van der Waals surface area contributed by atoms with E-state index in [1.54, 1.807) is 11.9 Å². The molecule has 1 amide bonds. The van der Waals surface area contributed by atoms with Crippen LogP contribution in [0.3, 0.4) is 0 Å². The van der Waals surface area contributed by atoms with Crippen LogP contribution in [0, 0.1) is 6.92 Å². The highest BCUT2D eigenvalue weighted by molar-refractivity contribution is 9.10. The van der Waals surface area contributed by atoms with E-state index < -0.39 is 0 Å². The Morgan fingerprint density at radius 1 is 1.53 bits per heavy atom. The van der Waals surface area contributed by atoms with Gasteiger partial charge in [-0.15, -0.1) is 0 Å². The van der Waals surface area contributed by atoms with E-state index in [0.29, 0.717) is 13.0 Å². The van der Waals surface area contributed by atoms with Crippen molar-refractivity contribution in [1.82, 2.24) is 0 Å². The van der Waals surface area contributed by atoms with E-state index in [1.807, 2.05) is 25.1 Å². The fourth-order valence-electron chi connectivity index (χ4n) is 1.27. The number of benzene rings is 1. The van der Waals surface area contributed by atoms with Crippen LogP contribution in [0.5, 0.6) is 0 Å². The number of hydrogen-bond donors (Lipinski definition) is 1. The maximum Gasteiger partial charge on any atom is 0.227 e. The lowest BCUT2D eigenvalue weighted by Gasteiger charge is -2.17. The molecule has 0 aliphatic rings. The SMILES string of the molecule is Cc1cc(N(C)C(=O)CCN)ccc1Br. The van der Waals surface area contributed by atoms with Gasteiger partial charge in [-0.2, -0.15) is 0 Å². The number of carbonyl (C=O) groups excluding carboxylic acids is 1. The first-order chi connectivity index (χ1) is 7.06. The standard InChI is InChI=1S/C11H15BrN2O/c1-8-7-9(3-4-10(8)12)14(2)11(15)5-6-13/h3-4,7H,5-6,13H2,1-2H3. The van der Waals surface area contributed by atoms with Crippen LogP contribution in [0.15, 0.2) is 22.7 Å². The van der Waals surface area contributed by atoms with Gasteiger partial charge in [0.15, 0.2) is 0 Å². The minimum Gasteiger partial charge on any atom is -0.330 e. The van der Waals surface area contributed by atoms with Gasteiger partial charge in [0.05, 0.1) is 0 Å². The summed E-state index contributed by atoms with van der Waals surface area (Å²) >= 11 is 3.42. The maximum absolute atomic E-state index is 11.6. The third kappa shape index (κ3) is 3.04. The van der Waals surface area contributed by atoms with Gasteiger partial charge in [-0.05, 0) is 30.7 Å². The van der Waals surface area contributed by atoms with Gasteiger partial charge in [0.2, 0.25) is 5.91 Å². The van der Waals surface area contributed by atoms with Crippen molar-refractivity contribution in [2.24, 2.45) is 5.73 Å². The van der Waals surface area contributed by atoms with E-state index in [9.17, 15) is 4.79 Å². The van der Waals surface area contributed by atoms with E-state index in [2.05, 4.69) is 15.9 Å². The van der Waals surface area contributed by atoms with Gasteiger partial charge in [0, 0.05) is 30.2 Å². The fourth-order valence-corrected chi connectivity index (χ4v) is 1.52. The van der Waals surface area contributed by atoms with Crippen molar-refractivity contribution in [2.75, 3.05) is 18.5 Å². The summed E-state index contributed by atoms with van der Waals surface area (Å²) in [6.07, 6.45) is 0.381. The van der Waals surface area contributed by atoms with Crippen molar-refractivity contribution in [3.05, 3.63) is 28.2 Å². The van der Waals surface area contributed by atoms with Gasteiger partial charge in [-0.3, -0.25) is 4.79 Å². The lowest BCUT2D eigenvalue weighted by Crippen LogP contribution is -2.28. The second kappa shape index (κ2) is 5.28. The molecule has 0 spiro atoms. The van der Waals surface area contributed by atoms with Crippen molar-refractivity contribution in [2.45, 2.75) is 13.3 Å². The molecular formula is C11H15BrN2O. The summed E-state index contributed by atoms with van der Waals surface area (Å²) in [5.41, 5.74) is 7.35. The minimum atomic E-state index is 0.0409. The Balaban J connectivity index is 2.86. The molecule has 0 aliphatic heterocycles. The summed E-state index contributed by atoms with van der Waals surface area (Å²) in [6.45, 7) is 2.38. The number of anilines is 1. The number of carbonyl (C=O) groups is 1. The number of nitrogens with two attached hydrogens (primary N) is 1. The Hall–Kier alpha value is -0.870. The number of hydrogen-bond acceptors (Lipinski definition) is 2. The van der Waals surface area contributed by atoms with Gasteiger partial charge in [-0.25, -0.2) is 0 Å². The predicted molar refractivity (Wildman–Crippen MR) is 66.0 cm³/mol. The molecule has 0 bridgehead atoms. The first kappa shape index (κ1) is 12.2. The van der Waals surface area contributed by atoms with Crippen LogP contribution in [-0.4, -0.2) is 19.5 Å². The number of nitrogens with zero attached hydrogens (tertiary/aromatic N) is 1. The van der Waals surface area contributed by atoms with Crippen LogP contribution in [-0.2, 0) is 4.79 Å². The molecule has 0 aromatic heterocycles. The van der Waals surface area contributed by atoms with Crippen molar-refractivity contribution in [3.63, 3.8) is 0 Å². The third-order valence-corrected chi connectivity index (χ3v) is 3.15. The molecule has 82 valence electrons. The van der Waals surface area contributed by atoms with Crippen LogP contribution in [0.4, 0.5) is 5.69 Å². The lowest BCUT2D eigenvalue weighted by atomic mass is 10.2. The summed E-state index contributed by atoms with van der Waals surface area (Å²) in [5, 5.41) is 0. The zero-order valence-electron chi connectivity index (χ0n) is 8.96. The Morgan fingerprint density at radius 2 is 2.20 bits per heavy atom. The highest BCUT2D eigenvalue weighted by Gasteiger charge is 2.10. The van der Waals surface area contributed by atoms with E-state index in [-0.39, 0.29) is 5.91 Å². The van der Waals surface area contributed by atoms with Crippen molar-refractivity contribution < 1.29 is 4.79 Å². The number of amides is 1. The quantitative estimate of drug-likeness (QED) is 0.914. The molecule has 0 saturated carbocycles. The fraction of sp³-hybridized carbons (Fsp3) is 0.364.